The van der Waals surface area contributed by atoms with Crippen molar-refractivity contribution in [3.8, 4) is 0 Å². The first-order chi connectivity index (χ1) is 7.31. The van der Waals surface area contributed by atoms with Crippen molar-refractivity contribution in [2.24, 2.45) is 5.73 Å². The average molecular weight is 225 g/mol. The SMILES string of the molecule is NC(c1nc(CCO)no1)c1cccs1. The first-order valence-electron chi connectivity index (χ1n) is 4.53. The van der Waals surface area contributed by atoms with E-state index in [0.717, 1.165) is 4.88 Å². The minimum Gasteiger partial charge on any atom is -0.396 e. The van der Waals surface area contributed by atoms with Crippen molar-refractivity contribution in [3.05, 3.63) is 34.1 Å². The minimum absolute atomic E-state index is 0.00716. The zero-order valence-corrected chi connectivity index (χ0v) is 8.78. The van der Waals surface area contributed by atoms with Gasteiger partial charge in [0.15, 0.2) is 5.82 Å². The second kappa shape index (κ2) is 4.52. The fraction of sp³-hybridized carbons (Fsp3) is 0.333. The van der Waals surface area contributed by atoms with E-state index in [0.29, 0.717) is 18.1 Å². The fourth-order valence-corrected chi connectivity index (χ4v) is 1.90. The number of hydrogen-bond acceptors (Lipinski definition) is 6. The zero-order chi connectivity index (χ0) is 10.7. The van der Waals surface area contributed by atoms with Crippen molar-refractivity contribution in [3.63, 3.8) is 0 Å². The van der Waals surface area contributed by atoms with Gasteiger partial charge in [-0.2, -0.15) is 4.98 Å². The van der Waals surface area contributed by atoms with E-state index in [1.165, 1.54) is 0 Å². The van der Waals surface area contributed by atoms with Crippen molar-refractivity contribution < 1.29 is 9.63 Å². The second-order valence-electron chi connectivity index (χ2n) is 3.02. The van der Waals surface area contributed by atoms with E-state index in [1.54, 1.807) is 11.3 Å². The van der Waals surface area contributed by atoms with E-state index < -0.39 is 0 Å². The Hall–Kier alpha value is -1.24. The van der Waals surface area contributed by atoms with Crippen LogP contribution in [0.4, 0.5) is 0 Å². The van der Waals surface area contributed by atoms with Crippen LogP contribution in [-0.2, 0) is 6.42 Å². The normalized spacial score (nSPS) is 12.9. The van der Waals surface area contributed by atoms with E-state index in [-0.39, 0.29) is 12.6 Å². The highest BCUT2D eigenvalue weighted by Crippen LogP contribution is 2.22. The summed E-state index contributed by atoms with van der Waals surface area (Å²) in [6.07, 6.45) is 0.390. The number of hydrogen-bond donors (Lipinski definition) is 2. The summed E-state index contributed by atoms with van der Waals surface area (Å²) in [7, 11) is 0. The van der Waals surface area contributed by atoms with Gasteiger partial charge in [-0.1, -0.05) is 11.2 Å². The number of thiophene rings is 1. The quantitative estimate of drug-likeness (QED) is 0.800. The number of aromatic nitrogens is 2. The summed E-state index contributed by atoms with van der Waals surface area (Å²) >= 11 is 1.55. The van der Waals surface area contributed by atoms with Crippen molar-refractivity contribution in [2.45, 2.75) is 12.5 Å². The second-order valence-corrected chi connectivity index (χ2v) is 3.99. The maximum atomic E-state index is 8.70. The number of nitrogens with zero attached hydrogens (tertiary/aromatic N) is 2. The highest BCUT2D eigenvalue weighted by Gasteiger charge is 2.17. The Balaban J connectivity index is 2.15. The Labute approximate surface area is 90.5 Å². The van der Waals surface area contributed by atoms with Crippen LogP contribution in [0.3, 0.4) is 0 Å². The molecule has 0 saturated carbocycles. The molecule has 0 aliphatic rings. The van der Waals surface area contributed by atoms with E-state index in [4.69, 9.17) is 15.4 Å². The lowest BCUT2D eigenvalue weighted by atomic mass is 10.2. The van der Waals surface area contributed by atoms with Crippen LogP contribution in [-0.4, -0.2) is 21.9 Å². The summed E-state index contributed by atoms with van der Waals surface area (Å²) in [6, 6.07) is 3.47. The van der Waals surface area contributed by atoms with Crippen molar-refractivity contribution in [1.29, 1.82) is 0 Å². The molecule has 0 aliphatic heterocycles. The Morgan fingerprint density at radius 2 is 2.47 bits per heavy atom. The van der Waals surface area contributed by atoms with Gasteiger partial charge in [0.05, 0.1) is 6.61 Å². The van der Waals surface area contributed by atoms with Crippen molar-refractivity contribution in [1.82, 2.24) is 10.1 Å². The van der Waals surface area contributed by atoms with Crippen LogP contribution in [0.1, 0.15) is 22.6 Å². The van der Waals surface area contributed by atoms with Crippen LogP contribution in [0.15, 0.2) is 22.0 Å². The lowest BCUT2D eigenvalue weighted by Gasteiger charge is -2.01. The molecule has 2 aromatic rings. The fourth-order valence-electron chi connectivity index (χ4n) is 1.19. The molecule has 1 unspecified atom stereocenters. The maximum absolute atomic E-state index is 8.70. The number of rotatable bonds is 4. The van der Waals surface area contributed by atoms with Gasteiger partial charge in [0.2, 0.25) is 5.89 Å². The first kappa shape index (κ1) is 10.3. The minimum atomic E-state index is -0.370. The van der Waals surface area contributed by atoms with Crippen LogP contribution in [0.5, 0.6) is 0 Å². The molecule has 1 atom stereocenters. The Bertz CT molecular complexity index is 413. The topological polar surface area (TPSA) is 85.2 Å². The molecule has 0 aliphatic carbocycles. The van der Waals surface area contributed by atoms with Crippen LogP contribution in [0.2, 0.25) is 0 Å². The molecule has 0 bridgehead atoms. The molecule has 0 aromatic carbocycles. The third-order valence-electron chi connectivity index (χ3n) is 1.93. The largest absolute Gasteiger partial charge is 0.396 e. The molecule has 0 amide bonds. The summed E-state index contributed by atoms with van der Waals surface area (Å²) in [5, 5.41) is 14.4. The number of aliphatic hydroxyl groups excluding tert-OH is 1. The van der Waals surface area contributed by atoms with Gasteiger partial charge in [-0.15, -0.1) is 11.3 Å². The van der Waals surface area contributed by atoms with Gasteiger partial charge < -0.3 is 15.4 Å². The van der Waals surface area contributed by atoms with E-state index >= 15 is 0 Å². The molecule has 0 fully saturated rings. The van der Waals surface area contributed by atoms with Gasteiger partial charge in [0.25, 0.3) is 0 Å². The van der Waals surface area contributed by atoms with E-state index in [2.05, 4.69) is 10.1 Å². The van der Waals surface area contributed by atoms with Crippen molar-refractivity contribution >= 4 is 11.3 Å². The summed E-state index contributed by atoms with van der Waals surface area (Å²) in [5.41, 5.74) is 5.92. The summed E-state index contributed by atoms with van der Waals surface area (Å²) in [5.74, 6) is 0.875. The van der Waals surface area contributed by atoms with Crippen LogP contribution >= 0.6 is 11.3 Å². The lowest BCUT2D eigenvalue weighted by molar-refractivity contribution is 0.292. The first-order valence-corrected chi connectivity index (χ1v) is 5.41. The number of nitrogens with two attached hydrogens (primary N) is 1. The van der Waals surface area contributed by atoms with Crippen LogP contribution < -0.4 is 5.73 Å². The standard InChI is InChI=1S/C9H11N3O2S/c10-8(6-2-1-5-15-6)9-11-7(3-4-13)12-14-9/h1-2,5,8,13H,3-4,10H2. The molecule has 0 spiro atoms. The lowest BCUT2D eigenvalue weighted by Crippen LogP contribution is -2.10. The van der Waals surface area contributed by atoms with Crippen LogP contribution in [0.25, 0.3) is 0 Å². The molecule has 80 valence electrons. The smallest absolute Gasteiger partial charge is 0.248 e. The maximum Gasteiger partial charge on any atom is 0.248 e. The molecule has 0 radical (unpaired) electrons. The molecule has 6 heteroatoms. The Morgan fingerprint density at radius 3 is 3.13 bits per heavy atom. The van der Waals surface area contributed by atoms with Crippen molar-refractivity contribution in [2.75, 3.05) is 6.61 Å². The summed E-state index contributed by atoms with van der Waals surface area (Å²) in [6.45, 7) is 0.00716. The van der Waals surface area contributed by atoms with Gasteiger partial charge in [0.1, 0.15) is 6.04 Å². The third-order valence-corrected chi connectivity index (χ3v) is 2.89. The average Bonchev–Trinajstić information content (AvgIpc) is 2.87. The van der Waals surface area contributed by atoms with Crippen LogP contribution in [0, 0.1) is 0 Å². The third kappa shape index (κ3) is 2.23. The Kier molecular flexibility index (Phi) is 3.10. The predicted molar refractivity (Wildman–Crippen MR) is 55.4 cm³/mol. The highest BCUT2D eigenvalue weighted by molar-refractivity contribution is 7.10. The number of aliphatic hydroxyl groups is 1. The summed E-state index contributed by atoms with van der Waals surface area (Å²) < 4.78 is 5.01. The van der Waals surface area contributed by atoms with E-state index in [1.807, 2.05) is 17.5 Å². The molecule has 2 rings (SSSR count). The van der Waals surface area contributed by atoms with Gasteiger partial charge in [0, 0.05) is 11.3 Å². The highest BCUT2D eigenvalue weighted by atomic mass is 32.1. The van der Waals surface area contributed by atoms with Gasteiger partial charge >= 0.3 is 0 Å². The molecule has 15 heavy (non-hydrogen) atoms. The molecule has 5 nitrogen and oxygen atoms in total. The molecule has 2 aromatic heterocycles. The van der Waals surface area contributed by atoms with E-state index in [9.17, 15) is 0 Å². The van der Waals surface area contributed by atoms with Gasteiger partial charge in [-0.3, -0.25) is 0 Å². The molecular weight excluding hydrogens is 214 g/mol. The summed E-state index contributed by atoms with van der Waals surface area (Å²) in [4.78, 5) is 5.08. The molecule has 3 N–H and O–H groups in total. The monoisotopic (exact) mass is 225 g/mol. The predicted octanol–water partition coefficient (Wildman–Crippen LogP) is 0.714. The molecular formula is C9H11N3O2S. The van der Waals surface area contributed by atoms with Gasteiger partial charge in [-0.25, -0.2) is 0 Å². The molecule has 0 saturated heterocycles. The zero-order valence-electron chi connectivity index (χ0n) is 7.96. The molecule has 2 heterocycles. The Morgan fingerprint density at radius 1 is 1.60 bits per heavy atom. The van der Waals surface area contributed by atoms with Gasteiger partial charge in [-0.05, 0) is 11.4 Å².